The number of rotatable bonds is 7. The first-order valence-electron chi connectivity index (χ1n) is 10.7. The molecule has 154 valence electrons. The molecule has 0 unspecified atom stereocenters. The van der Waals surface area contributed by atoms with E-state index in [1.807, 2.05) is 18.2 Å². The molecule has 1 saturated heterocycles. The molecule has 30 heavy (non-hydrogen) atoms. The van der Waals surface area contributed by atoms with E-state index in [-0.39, 0.29) is 0 Å². The van der Waals surface area contributed by atoms with Crippen molar-refractivity contribution >= 4 is 11.9 Å². The van der Waals surface area contributed by atoms with Crippen LogP contribution in [0.4, 0.5) is 5.82 Å². The normalized spacial score (nSPS) is 15.6. The van der Waals surface area contributed by atoms with Gasteiger partial charge in [-0.25, -0.2) is 4.98 Å². The number of hydrogen-bond acceptors (Lipinski definition) is 4. The van der Waals surface area contributed by atoms with E-state index >= 15 is 0 Å². The topological polar surface area (TPSA) is 45.4 Å². The van der Waals surface area contributed by atoms with E-state index in [2.05, 4.69) is 81.5 Å². The van der Waals surface area contributed by atoms with Crippen molar-refractivity contribution in [2.24, 2.45) is 0 Å². The second kappa shape index (κ2) is 10.2. The van der Waals surface area contributed by atoms with Crippen molar-refractivity contribution in [2.45, 2.75) is 6.42 Å². The average molecular weight is 399 g/mol. The lowest BCUT2D eigenvalue weighted by molar-refractivity contribution is 0.144. The Balaban J connectivity index is 1.20. The van der Waals surface area contributed by atoms with Crippen LogP contribution in [0, 0.1) is 0 Å². The van der Waals surface area contributed by atoms with Crippen LogP contribution in [-0.4, -0.2) is 54.1 Å². The number of hydrogen-bond donors (Lipinski definition) is 1. The van der Waals surface area contributed by atoms with Crippen molar-refractivity contribution in [3.05, 3.63) is 90.0 Å². The fourth-order valence-corrected chi connectivity index (χ4v) is 3.84. The minimum atomic E-state index is 0.561. The van der Waals surface area contributed by atoms with E-state index in [1.165, 1.54) is 11.1 Å². The lowest BCUT2D eigenvalue weighted by atomic mass is 10.1. The van der Waals surface area contributed by atoms with Gasteiger partial charge in [0.2, 0.25) is 0 Å². The summed E-state index contributed by atoms with van der Waals surface area (Å²) in [4.78, 5) is 9.50. The summed E-state index contributed by atoms with van der Waals surface area (Å²) in [6, 6.07) is 25.0. The van der Waals surface area contributed by atoms with E-state index in [4.69, 9.17) is 5.73 Å². The third-order valence-corrected chi connectivity index (χ3v) is 5.68. The van der Waals surface area contributed by atoms with Crippen molar-refractivity contribution in [3.63, 3.8) is 0 Å². The molecule has 2 N–H and O–H groups in total. The van der Waals surface area contributed by atoms with E-state index in [1.54, 1.807) is 0 Å². The van der Waals surface area contributed by atoms with Crippen molar-refractivity contribution in [1.82, 2.24) is 14.8 Å². The molecule has 0 atom stereocenters. The second-order valence-electron chi connectivity index (χ2n) is 7.85. The summed E-state index contributed by atoms with van der Waals surface area (Å²) < 4.78 is 0. The van der Waals surface area contributed by atoms with Crippen molar-refractivity contribution in [1.29, 1.82) is 0 Å². The van der Waals surface area contributed by atoms with Gasteiger partial charge in [-0.15, -0.1) is 0 Å². The van der Waals surface area contributed by atoms with E-state index < -0.39 is 0 Å². The number of aromatic nitrogens is 1. The van der Waals surface area contributed by atoms with E-state index in [0.717, 1.165) is 56.9 Å². The molecule has 2 heterocycles. The maximum atomic E-state index is 5.80. The monoisotopic (exact) mass is 398 g/mol. The first kappa shape index (κ1) is 20.3. The number of benzene rings is 2. The van der Waals surface area contributed by atoms with Crippen molar-refractivity contribution < 1.29 is 0 Å². The molecule has 1 aliphatic heterocycles. The van der Waals surface area contributed by atoms with Crippen LogP contribution in [0.1, 0.15) is 11.1 Å². The van der Waals surface area contributed by atoms with Gasteiger partial charge < -0.3 is 10.6 Å². The Labute approximate surface area is 179 Å². The number of anilines is 1. The van der Waals surface area contributed by atoms with Crippen LogP contribution in [0.15, 0.2) is 78.9 Å². The van der Waals surface area contributed by atoms with Gasteiger partial charge in [-0.2, -0.15) is 0 Å². The minimum absolute atomic E-state index is 0.561. The lowest BCUT2D eigenvalue weighted by Crippen LogP contribution is -2.46. The molecule has 1 aromatic heterocycles. The van der Waals surface area contributed by atoms with Crippen LogP contribution in [0.3, 0.4) is 0 Å². The van der Waals surface area contributed by atoms with Gasteiger partial charge in [-0.1, -0.05) is 72.8 Å². The van der Waals surface area contributed by atoms with Crippen LogP contribution in [0.5, 0.6) is 0 Å². The zero-order valence-electron chi connectivity index (χ0n) is 17.5. The van der Waals surface area contributed by atoms with Crippen LogP contribution in [0.25, 0.3) is 17.3 Å². The first-order chi connectivity index (χ1) is 14.8. The summed E-state index contributed by atoms with van der Waals surface area (Å²) in [5.74, 6) is 0.561. The standard InChI is InChI=1S/C26H30N4/c27-26-10-4-9-25(28-26)24-13-11-23(12-14-24)15-17-30-20-18-29(19-21-30)16-5-8-22-6-2-1-3-7-22/h1-14H,15-21H2,(H2,27,28). The number of piperazine rings is 1. The van der Waals surface area contributed by atoms with Gasteiger partial charge in [0.05, 0.1) is 5.69 Å². The predicted octanol–water partition coefficient (Wildman–Crippen LogP) is 4.20. The molecule has 0 amide bonds. The maximum absolute atomic E-state index is 5.80. The van der Waals surface area contributed by atoms with E-state index in [9.17, 15) is 0 Å². The largest absolute Gasteiger partial charge is 0.384 e. The molecule has 0 spiro atoms. The van der Waals surface area contributed by atoms with Gasteiger partial charge in [0.15, 0.2) is 0 Å². The third-order valence-electron chi connectivity index (χ3n) is 5.68. The van der Waals surface area contributed by atoms with Crippen LogP contribution in [0.2, 0.25) is 0 Å². The minimum Gasteiger partial charge on any atom is -0.384 e. The Morgan fingerprint density at radius 3 is 2.27 bits per heavy atom. The molecule has 0 radical (unpaired) electrons. The fraction of sp³-hybridized carbons (Fsp3) is 0.269. The molecule has 0 saturated carbocycles. The first-order valence-corrected chi connectivity index (χ1v) is 10.7. The molecular weight excluding hydrogens is 368 g/mol. The molecule has 1 fully saturated rings. The highest BCUT2D eigenvalue weighted by Gasteiger charge is 2.15. The highest BCUT2D eigenvalue weighted by atomic mass is 15.3. The number of pyridine rings is 1. The number of nitrogens with zero attached hydrogens (tertiary/aromatic N) is 3. The lowest BCUT2D eigenvalue weighted by Gasteiger charge is -2.34. The van der Waals surface area contributed by atoms with Gasteiger partial charge >= 0.3 is 0 Å². The molecule has 4 nitrogen and oxygen atoms in total. The maximum Gasteiger partial charge on any atom is 0.124 e. The number of nitrogens with two attached hydrogens (primary N) is 1. The molecule has 4 heteroatoms. The predicted molar refractivity (Wildman–Crippen MR) is 126 cm³/mol. The van der Waals surface area contributed by atoms with E-state index in [0.29, 0.717) is 5.82 Å². The van der Waals surface area contributed by atoms with Crippen LogP contribution >= 0.6 is 0 Å². The Bertz CT molecular complexity index is 942. The summed E-state index contributed by atoms with van der Waals surface area (Å²) in [5, 5.41) is 0. The molecule has 0 aliphatic carbocycles. The SMILES string of the molecule is Nc1cccc(-c2ccc(CCN3CCN(CC=Cc4ccccc4)CC3)cc2)n1. The van der Waals surface area contributed by atoms with Crippen LogP contribution in [-0.2, 0) is 6.42 Å². The zero-order valence-corrected chi connectivity index (χ0v) is 17.5. The summed E-state index contributed by atoms with van der Waals surface area (Å²) in [5.41, 5.74) is 10.5. The molecular formula is C26H30N4. The Morgan fingerprint density at radius 1 is 0.800 bits per heavy atom. The molecule has 0 bridgehead atoms. The average Bonchev–Trinajstić information content (AvgIpc) is 2.80. The molecule has 2 aromatic carbocycles. The van der Waals surface area contributed by atoms with Gasteiger partial charge in [0.1, 0.15) is 5.82 Å². The zero-order chi connectivity index (χ0) is 20.6. The summed E-state index contributed by atoms with van der Waals surface area (Å²) >= 11 is 0. The second-order valence-corrected chi connectivity index (χ2v) is 7.85. The van der Waals surface area contributed by atoms with Crippen molar-refractivity contribution in [2.75, 3.05) is 45.0 Å². The Hall–Kier alpha value is -2.95. The molecule has 4 rings (SSSR count). The van der Waals surface area contributed by atoms with Gasteiger partial charge in [0.25, 0.3) is 0 Å². The molecule has 3 aromatic rings. The van der Waals surface area contributed by atoms with Crippen molar-refractivity contribution in [3.8, 4) is 11.3 Å². The summed E-state index contributed by atoms with van der Waals surface area (Å²) in [7, 11) is 0. The van der Waals surface area contributed by atoms with Gasteiger partial charge in [-0.3, -0.25) is 4.90 Å². The highest BCUT2D eigenvalue weighted by molar-refractivity contribution is 5.61. The summed E-state index contributed by atoms with van der Waals surface area (Å²) in [6.45, 7) is 6.71. The third kappa shape index (κ3) is 5.78. The fourth-order valence-electron chi connectivity index (χ4n) is 3.84. The van der Waals surface area contributed by atoms with Crippen LogP contribution < -0.4 is 5.73 Å². The quantitative estimate of drug-likeness (QED) is 0.648. The van der Waals surface area contributed by atoms with Gasteiger partial charge in [0, 0.05) is 44.8 Å². The Kier molecular flexibility index (Phi) is 6.91. The highest BCUT2D eigenvalue weighted by Crippen LogP contribution is 2.19. The summed E-state index contributed by atoms with van der Waals surface area (Å²) in [6.07, 6.45) is 5.58. The van der Waals surface area contributed by atoms with Gasteiger partial charge in [-0.05, 0) is 29.7 Å². The Morgan fingerprint density at radius 2 is 1.53 bits per heavy atom. The molecule has 1 aliphatic rings. The number of nitrogen functional groups attached to an aromatic ring is 1. The smallest absolute Gasteiger partial charge is 0.124 e.